The molecule has 0 fully saturated rings. The predicted molar refractivity (Wildman–Crippen MR) is 73.5 cm³/mol. The first kappa shape index (κ1) is 14.5. The number of nitrogens with two attached hydrogens (primary N) is 1. The predicted octanol–water partition coefficient (Wildman–Crippen LogP) is 2.93. The van der Waals surface area contributed by atoms with Gasteiger partial charge in [0.05, 0.1) is 14.9 Å². The Labute approximate surface area is 122 Å². The van der Waals surface area contributed by atoms with Gasteiger partial charge in [-0.15, -0.1) is 0 Å². The van der Waals surface area contributed by atoms with E-state index in [1.807, 2.05) is 0 Å². The number of hydrogen-bond donors (Lipinski definition) is 1. The van der Waals surface area contributed by atoms with E-state index < -0.39 is 27.1 Å². The van der Waals surface area contributed by atoms with Gasteiger partial charge in [-0.25, -0.2) is 0 Å². The van der Waals surface area contributed by atoms with Crippen LogP contribution in [0.5, 0.6) is 11.6 Å². The fourth-order valence-electron chi connectivity index (χ4n) is 1.50. The van der Waals surface area contributed by atoms with Crippen LogP contribution in [-0.2, 0) is 0 Å². The number of para-hydroxylation sites is 1. The third-order valence-corrected chi connectivity index (χ3v) is 2.70. The second-order valence-electron chi connectivity index (χ2n) is 3.76. The van der Waals surface area contributed by atoms with Crippen LogP contribution in [0.4, 0.5) is 17.2 Å². The van der Waals surface area contributed by atoms with Crippen molar-refractivity contribution in [1.29, 1.82) is 0 Å². The minimum absolute atomic E-state index is 0.0368. The van der Waals surface area contributed by atoms with Crippen LogP contribution >= 0.6 is 11.6 Å². The van der Waals surface area contributed by atoms with E-state index in [1.165, 1.54) is 18.2 Å². The van der Waals surface area contributed by atoms with Crippen molar-refractivity contribution in [2.24, 2.45) is 0 Å². The smallest absolute Gasteiger partial charge is 0.331 e. The van der Waals surface area contributed by atoms with Gasteiger partial charge >= 0.3 is 17.3 Å². The summed E-state index contributed by atoms with van der Waals surface area (Å²) in [5, 5.41) is 21.8. The number of pyridine rings is 1. The molecule has 0 saturated heterocycles. The number of anilines is 1. The Morgan fingerprint density at radius 2 is 1.76 bits per heavy atom. The Bertz CT molecular complexity index is 737. The summed E-state index contributed by atoms with van der Waals surface area (Å²) in [6, 6.07) is 6.15. The molecular weight excluding hydrogens is 304 g/mol. The van der Waals surface area contributed by atoms with Gasteiger partial charge in [0.1, 0.15) is 5.82 Å². The summed E-state index contributed by atoms with van der Waals surface area (Å²) in [4.78, 5) is 24.0. The molecule has 0 radical (unpaired) electrons. The Hall–Kier alpha value is -2.94. The summed E-state index contributed by atoms with van der Waals surface area (Å²) < 4.78 is 5.17. The highest BCUT2D eigenvalue weighted by Gasteiger charge is 2.24. The molecule has 0 spiro atoms. The van der Waals surface area contributed by atoms with Crippen molar-refractivity contribution in [3.05, 3.63) is 55.6 Å². The van der Waals surface area contributed by atoms with Crippen LogP contribution in [0.2, 0.25) is 5.02 Å². The first-order valence-corrected chi connectivity index (χ1v) is 5.79. The normalized spacial score (nSPS) is 10.1. The van der Waals surface area contributed by atoms with E-state index in [0.29, 0.717) is 0 Å². The minimum Gasteiger partial charge on any atom is -0.425 e. The number of halogens is 1. The van der Waals surface area contributed by atoms with Crippen molar-refractivity contribution in [3.8, 4) is 11.6 Å². The largest absolute Gasteiger partial charge is 0.425 e. The lowest BCUT2D eigenvalue weighted by Crippen LogP contribution is -2.01. The quantitative estimate of drug-likeness (QED) is 0.677. The molecule has 2 rings (SSSR count). The molecule has 108 valence electrons. The Kier molecular flexibility index (Phi) is 3.85. The van der Waals surface area contributed by atoms with Crippen LogP contribution in [0.25, 0.3) is 0 Å². The van der Waals surface area contributed by atoms with Gasteiger partial charge in [-0.3, -0.25) is 20.2 Å². The Morgan fingerprint density at radius 3 is 2.38 bits per heavy atom. The molecule has 1 aromatic heterocycles. The summed E-state index contributed by atoms with van der Waals surface area (Å²) in [5.74, 6) is -0.855. The van der Waals surface area contributed by atoms with Gasteiger partial charge in [-0.05, 0) is 12.1 Å². The van der Waals surface area contributed by atoms with E-state index in [1.54, 1.807) is 0 Å². The van der Waals surface area contributed by atoms with Gasteiger partial charge in [0, 0.05) is 12.1 Å². The van der Waals surface area contributed by atoms with Crippen LogP contribution in [0.3, 0.4) is 0 Å². The standard InChI is InChI=1S/C11H7ClN4O5/c12-6-2-1-3-7(15(17)18)10(6)21-11-8(16(19)20)4-5-9(13)14-11/h1-5H,(H2,13,14). The maximum absolute atomic E-state index is 10.9. The number of aromatic nitrogens is 1. The summed E-state index contributed by atoms with van der Waals surface area (Å²) >= 11 is 5.84. The first-order chi connectivity index (χ1) is 9.90. The molecular formula is C11H7ClN4O5. The minimum atomic E-state index is -0.746. The number of nitro groups is 2. The third kappa shape index (κ3) is 2.98. The lowest BCUT2D eigenvalue weighted by Gasteiger charge is -2.07. The zero-order chi connectivity index (χ0) is 15.6. The van der Waals surface area contributed by atoms with E-state index in [4.69, 9.17) is 22.1 Å². The maximum Gasteiger partial charge on any atom is 0.331 e. The fourth-order valence-corrected chi connectivity index (χ4v) is 1.71. The number of nitrogen functional groups attached to an aromatic ring is 1. The molecule has 2 aromatic rings. The lowest BCUT2D eigenvalue weighted by atomic mass is 10.3. The highest BCUT2D eigenvalue weighted by molar-refractivity contribution is 6.32. The summed E-state index contributed by atoms with van der Waals surface area (Å²) in [6.45, 7) is 0. The Morgan fingerprint density at radius 1 is 1.10 bits per heavy atom. The molecule has 9 nitrogen and oxygen atoms in total. The van der Waals surface area contributed by atoms with Crippen LogP contribution in [-0.4, -0.2) is 14.8 Å². The maximum atomic E-state index is 10.9. The van der Waals surface area contributed by atoms with E-state index in [-0.39, 0.29) is 16.6 Å². The zero-order valence-electron chi connectivity index (χ0n) is 10.2. The zero-order valence-corrected chi connectivity index (χ0v) is 11.0. The molecule has 10 heteroatoms. The van der Waals surface area contributed by atoms with Crippen LogP contribution in [0.15, 0.2) is 30.3 Å². The van der Waals surface area contributed by atoms with Crippen molar-refractivity contribution >= 4 is 28.8 Å². The summed E-state index contributed by atoms with van der Waals surface area (Å²) in [7, 11) is 0. The van der Waals surface area contributed by atoms with Crippen LogP contribution < -0.4 is 10.5 Å². The third-order valence-electron chi connectivity index (χ3n) is 2.40. The van der Waals surface area contributed by atoms with Gasteiger partial charge in [-0.1, -0.05) is 17.7 Å². The van der Waals surface area contributed by atoms with Crippen molar-refractivity contribution < 1.29 is 14.6 Å². The van der Waals surface area contributed by atoms with E-state index in [0.717, 1.165) is 12.1 Å². The molecule has 0 unspecified atom stereocenters. The molecule has 0 saturated carbocycles. The molecule has 0 atom stereocenters. The van der Waals surface area contributed by atoms with Crippen molar-refractivity contribution in [2.75, 3.05) is 5.73 Å². The van der Waals surface area contributed by atoms with E-state index in [2.05, 4.69) is 4.98 Å². The number of hydrogen-bond acceptors (Lipinski definition) is 7. The lowest BCUT2D eigenvalue weighted by molar-refractivity contribution is -0.387. The molecule has 0 amide bonds. The highest BCUT2D eigenvalue weighted by Crippen LogP contribution is 2.39. The molecule has 2 N–H and O–H groups in total. The van der Waals surface area contributed by atoms with E-state index in [9.17, 15) is 20.2 Å². The number of benzene rings is 1. The number of nitro benzene ring substituents is 1. The van der Waals surface area contributed by atoms with Crippen LogP contribution in [0, 0.1) is 20.2 Å². The second kappa shape index (κ2) is 5.59. The first-order valence-electron chi connectivity index (χ1n) is 5.42. The van der Waals surface area contributed by atoms with E-state index >= 15 is 0 Å². The van der Waals surface area contributed by atoms with Gasteiger partial charge < -0.3 is 10.5 Å². The monoisotopic (exact) mass is 310 g/mol. The topological polar surface area (TPSA) is 134 Å². The van der Waals surface area contributed by atoms with Gasteiger partial charge in [-0.2, -0.15) is 4.98 Å². The molecule has 21 heavy (non-hydrogen) atoms. The average molecular weight is 311 g/mol. The number of nitrogens with zero attached hydrogens (tertiary/aromatic N) is 3. The van der Waals surface area contributed by atoms with Gasteiger partial charge in [0.25, 0.3) is 0 Å². The number of ether oxygens (including phenoxy) is 1. The van der Waals surface area contributed by atoms with Crippen molar-refractivity contribution in [1.82, 2.24) is 4.98 Å². The Balaban J connectivity index is 2.55. The number of rotatable bonds is 4. The molecule has 0 bridgehead atoms. The average Bonchev–Trinajstić information content (AvgIpc) is 2.40. The van der Waals surface area contributed by atoms with Crippen LogP contribution in [0.1, 0.15) is 0 Å². The molecule has 0 aliphatic carbocycles. The van der Waals surface area contributed by atoms with Crippen molar-refractivity contribution in [2.45, 2.75) is 0 Å². The SMILES string of the molecule is Nc1ccc([N+](=O)[O-])c(Oc2c(Cl)cccc2[N+](=O)[O-])n1. The summed E-state index contributed by atoms with van der Waals surface area (Å²) in [5.41, 5.74) is 4.51. The second-order valence-corrected chi connectivity index (χ2v) is 4.17. The van der Waals surface area contributed by atoms with Crippen molar-refractivity contribution in [3.63, 3.8) is 0 Å². The van der Waals surface area contributed by atoms with Gasteiger partial charge in [0.2, 0.25) is 5.75 Å². The molecule has 1 heterocycles. The highest BCUT2D eigenvalue weighted by atomic mass is 35.5. The molecule has 0 aliphatic rings. The molecule has 0 aliphatic heterocycles. The molecule has 1 aromatic carbocycles. The fraction of sp³-hybridized carbons (Fsp3) is 0. The van der Waals surface area contributed by atoms with Gasteiger partial charge in [0.15, 0.2) is 0 Å². The summed E-state index contributed by atoms with van der Waals surface area (Å²) in [6.07, 6.45) is 0.